The summed E-state index contributed by atoms with van der Waals surface area (Å²) in [5.41, 5.74) is 14.1. The second kappa shape index (κ2) is 7.20. The van der Waals surface area contributed by atoms with Crippen LogP contribution in [0.1, 0.15) is 16.7 Å². The van der Waals surface area contributed by atoms with Crippen LogP contribution in [0.15, 0.2) is 48.5 Å². The first-order valence-electron chi connectivity index (χ1n) is 7.66. The van der Waals surface area contributed by atoms with Crippen LogP contribution in [-0.2, 0) is 6.61 Å². The molecule has 1 heterocycles. The molecule has 3 rings (SSSR count). The van der Waals surface area contributed by atoms with Gasteiger partial charge >= 0.3 is 0 Å². The van der Waals surface area contributed by atoms with Crippen LogP contribution in [0, 0.1) is 22.7 Å². The minimum atomic E-state index is 0.000374. The number of hydrogen-bond acceptors (Lipinski definition) is 7. The molecular weight excluding hydrogens is 328 g/mol. The zero-order valence-electron chi connectivity index (χ0n) is 13.7. The Hall–Kier alpha value is -4.10. The fourth-order valence-corrected chi connectivity index (χ4v) is 2.39. The Morgan fingerprint density at radius 3 is 2.42 bits per heavy atom. The molecule has 0 spiro atoms. The van der Waals surface area contributed by atoms with Gasteiger partial charge in [0, 0.05) is 5.56 Å². The third-order valence-corrected chi connectivity index (χ3v) is 3.66. The third kappa shape index (κ3) is 3.53. The maximum Gasteiger partial charge on any atom is 0.222 e. The van der Waals surface area contributed by atoms with Crippen molar-refractivity contribution in [2.75, 3.05) is 11.5 Å². The van der Waals surface area contributed by atoms with E-state index in [4.69, 9.17) is 21.5 Å². The highest BCUT2D eigenvalue weighted by atomic mass is 16.5. The lowest BCUT2D eigenvalue weighted by Gasteiger charge is -2.10. The Kier molecular flexibility index (Phi) is 4.64. The van der Waals surface area contributed by atoms with Gasteiger partial charge in [-0.2, -0.15) is 15.5 Å². The van der Waals surface area contributed by atoms with E-state index in [-0.39, 0.29) is 17.3 Å². The second-order valence-electron chi connectivity index (χ2n) is 5.43. The van der Waals surface area contributed by atoms with E-state index in [9.17, 15) is 5.26 Å². The summed E-state index contributed by atoms with van der Waals surface area (Å²) in [5.74, 6) is 0.644. The van der Waals surface area contributed by atoms with E-state index in [1.807, 2.05) is 18.2 Å². The zero-order valence-corrected chi connectivity index (χ0v) is 13.7. The number of nitrogens with two attached hydrogens (primary N) is 2. The van der Waals surface area contributed by atoms with Crippen LogP contribution in [0.5, 0.6) is 5.75 Å². The number of nitriles is 2. The van der Waals surface area contributed by atoms with E-state index < -0.39 is 0 Å². The van der Waals surface area contributed by atoms with Crippen molar-refractivity contribution in [3.8, 4) is 29.1 Å². The first-order chi connectivity index (χ1) is 12.6. The Morgan fingerprint density at radius 1 is 0.962 bits per heavy atom. The lowest BCUT2D eigenvalue weighted by Crippen LogP contribution is -2.05. The van der Waals surface area contributed by atoms with Crippen LogP contribution in [0.25, 0.3) is 11.3 Å². The Bertz CT molecular complexity index is 1030. The van der Waals surface area contributed by atoms with Crippen molar-refractivity contribution in [2.24, 2.45) is 0 Å². The normalized spacial score (nSPS) is 9.92. The van der Waals surface area contributed by atoms with Crippen LogP contribution in [0.3, 0.4) is 0 Å². The van der Waals surface area contributed by atoms with Gasteiger partial charge in [0.1, 0.15) is 29.8 Å². The van der Waals surface area contributed by atoms with Gasteiger partial charge in [-0.05, 0) is 29.8 Å². The summed E-state index contributed by atoms with van der Waals surface area (Å²) in [6, 6.07) is 18.4. The van der Waals surface area contributed by atoms with Crippen LogP contribution >= 0.6 is 0 Å². The monoisotopic (exact) mass is 342 g/mol. The zero-order chi connectivity index (χ0) is 18.5. The lowest BCUT2D eigenvalue weighted by atomic mass is 10.1. The first-order valence-corrected chi connectivity index (χ1v) is 7.66. The number of ether oxygens (including phenoxy) is 1. The average molecular weight is 342 g/mol. The fraction of sp³-hybridized carbons (Fsp3) is 0.0526. The molecule has 1 aromatic heterocycles. The van der Waals surface area contributed by atoms with E-state index in [0.29, 0.717) is 29.2 Å². The lowest BCUT2D eigenvalue weighted by molar-refractivity contribution is 0.306. The van der Waals surface area contributed by atoms with Gasteiger partial charge in [-0.1, -0.05) is 24.3 Å². The largest absolute Gasteiger partial charge is 0.489 e. The minimum Gasteiger partial charge on any atom is -0.489 e. The number of anilines is 2. The molecule has 0 bridgehead atoms. The average Bonchev–Trinajstić information content (AvgIpc) is 2.66. The molecule has 3 aromatic rings. The van der Waals surface area contributed by atoms with Gasteiger partial charge in [0.25, 0.3) is 0 Å². The van der Waals surface area contributed by atoms with Crippen molar-refractivity contribution in [1.82, 2.24) is 9.97 Å². The van der Waals surface area contributed by atoms with E-state index in [1.54, 1.807) is 36.4 Å². The summed E-state index contributed by atoms with van der Waals surface area (Å²) < 4.78 is 5.79. The van der Waals surface area contributed by atoms with Crippen LogP contribution in [0.2, 0.25) is 0 Å². The molecule has 4 N–H and O–H groups in total. The molecule has 0 amide bonds. The topological polar surface area (TPSA) is 135 Å². The van der Waals surface area contributed by atoms with Gasteiger partial charge in [-0.15, -0.1) is 0 Å². The number of aromatic nitrogens is 2. The molecule has 0 saturated carbocycles. The molecule has 126 valence electrons. The number of nitrogen functional groups attached to an aromatic ring is 2. The summed E-state index contributed by atoms with van der Waals surface area (Å²) in [5, 5.41) is 18.1. The van der Waals surface area contributed by atoms with Crippen LogP contribution < -0.4 is 16.2 Å². The summed E-state index contributed by atoms with van der Waals surface area (Å²) in [7, 11) is 0. The van der Waals surface area contributed by atoms with Crippen LogP contribution in [0.4, 0.5) is 11.8 Å². The summed E-state index contributed by atoms with van der Waals surface area (Å²) in [6.45, 7) is 0.342. The summed E-state index contributed by atoms with van der Waals surface area (Å²) >= 11 is 0. The van der Waals surface area contributed by atoms with E-state index in [1.165, 1.54) is 0 Å². The summed E-state index contributed by atoms with van der Waals surface area (Å²) in [4.78, 5) is 7.94. The molecular formula is C19H14N6O. The first kappa shape index (κ1) is 16.7. The molecule has 7 heteroatoms. The van der Waals surface area contributed by atoms with Crippen molar-refractivity contribution in [1.29, 1.82) is 10.5 Å². The third-order valence-electron chi connectivity index (χ3n) is 3.66. The predicted molar refractivity (Wildman–Crippen MR) is 96.5 cm³/mol. The molecule has 0 fully saturated rings. The molecule has 0 aliphatic rings. The molecule has 26 heavy (non-hydrogen) atoms. The standard InChI is InChI=1S/C19H14N6O/c20-9-12-4-6-13(7-5-12)11-26-15-3-1-2-14(8-15)17-16(10-21)18(22)25-19(23)24-17/h1-8H,11H2,(H4,22,23,24,25). The van der Waals surface area contributed by atoms with Gasteiger partial charge in [-0.3, -0.25) is 0 Å². The SMILES string of the molecule is N#Cc1ccc(COc2cccc(-c3nc(N)nc(N)c3C#N)c2)cc1. The maximum atomic E-state index is 9.31. The van der Waals surface area contributed by atoms with Crippen molar-refractivity contribution in [2.45, 2.75) is 6.61 Å². The molecule has 0 aliphatic carbocycles. The molecule has 7 nitrogen and oxygen atoms in total. The van der Waals surface area contributed by atoms with E-state index >= 15 is 0 Å². The van der Waals surface area contributed by atoms with Gasteiger partial charge < -0.3 is 16.2 Å². The van der Waals surface area contributed by atoms with Gasteiger partial charge in [0.05, 0.1) is 17.3 Å². The van der Waals surface area contributed by atoms with Gasteiger partial charge in [0.15, 0.2) is 0 Å². The minimum absolute atomic E-state index is 0.000374. The van der Waals surface area contributed by atoms with Gasteiger partial charge in [0.2, 0.25) is 5.95 Å². The van der Waals surface area contributed by atoms with Crippen molar-refractivity contribution >= 4 is 11.8 Å². The van der Waals surface area contributed by atoms with Crippen molar-refractivity contribution < 1.29 is 4.74 Å². The highest BCUT2D eigenvalue weighted by molar-refractivity contribution is 5.73. The Morgan fingerprint density at radius 2 is 1.73 bits per heavy atom. The van der Waals surface area contributed by atoms with Crippen molar-refractivity contribution in [3.05, 3.63) is 65.2 Å². The Balaban J connectivity index is 1.85. The molecule has 2 aromatic carbocycles. The number of hydrogen-bond donors (Lipinski definition) is 2. The molecule has 0 atom stereocenters. The van der Waals surface area contributed by atoms with Crippen LogP contribution in [-0.4, -0.2) is 9.97 Å². The maximum absolute atomic E-state index is 9.31. The molecule has 0 aliphatic heterocycles. The highest BCUT2D eigenvalue weighted by Gasteiger charge is 2.13. The summed E-state index contributed by atoms with van der Waals surface area (Å²) in [6.07, 6.45) is 0. The fourth-order valence-electron chi connectivity index (χ4n) is 2.39. The number of rotatable bonds is 4. The van der Waals surface area contributed by atoms with Crippen molar-refractivity contribution in [3.63, 3.8) is 0 Å². The number of benzene rings is 2. The molecule has 0 saturated heterocycles. The Labute approximate surface area is 150 Å². The molecule has 0 radical (unpaired) electrons. The van der Waals surface area contributed by atoms with Gasteiger partial charge in [-0.25, -0.2) is 4.98 Å². The highest BCUT2D eigenvalue weighted by Crippen LogP contribution is 2.28. The van der Waals surface area contributed by atoms with E-state index in [0.717, 1.165) is 5.56 Å². The smallest absolute Gasteiger partial charge is 0.222 e. The second-order valence-corrected chi connectivity index (χ2v) is 5.43. The van der Waals surface area contributed by atoms with E-state index in [2.05, 4.69) is 16.0 Å². The predicted octanol–water partition coefficient (Wildman–Crippen LogP) is 2.63. The number of nitrogens with zero attached hydrogens (tertiary/aromatic N) is 4. The molecule has 0 unspecified atom stereocenters. The quantitative estimate of drug-likeness (QED) is 0.744.